The average Bonchev–Trinajstić information content (AvgIpc) is 1.66. The lowest BCUT2D eigenvalue weighted by atomic mass is 10.6. The Morgan fingerprint density at radius 1 is 1.62 bits per heavy atom. The molecular formula is C4H13N4+. The highest BCUT2D eigenvalue weighted by atomic mass is 15.0. The molecule has 0 aromatic heterocycles. The Bertz CT molecular complexity index is 74.1. The van der Waals surface area contributed by atoms with E-state index in [0.717, 1.165) is 6.54 Å². The van der Waals surface area contributed by atoms with Crippen LogP contribution in [-0.2, 0) is 0 Å². The molecule has 0 heterocycles. The van der Waals surface area contributed by atoms with Gasteiger partial charge in [-0.3, -0.25) is 0 Å². The predicted octanol–water partition coefficient (Wildman–Crippen LogP) is -2.55. The molecule has 0 rings (SSSR count). The van der Waals surface area contributed by atoms with Crippen molar-refractivity contribution in [3.05, 3.63) is 0 Å². The second kappa shape index (κ2) is 4.39. The first-order valence-corrected chi connectivity index (χ1v) is 2.60. The van der Waals surface area contributed by atoms with E-state index in [1.165, 1.54) is 0 Å². The molecule has 48 valence electrons. The van der Waals surface area contributed by atoms with Crippen LogP contribution in [-0.4, -0.2) is 26.1 Å². The van der Waals surface area contributed by atoms with Crippen LogP contribution in [0.5, 0.6) is 0 Å². The first-order chi connectivity index (χ1) is 3.77. The van der Waals surface area contributed by atoms with E-state index in [4.69, 9.17) is 11.5 Å². The van der Waals surface area contributed by atoms with E-state index >= 15 is 0 Å². The zero-order valence-corrected chi connectivity index (χ0v) is 5.09. The normalized spacial score (nSPS) is 8.62. The molecule has 8 heavy (non-hydrogen) atoms. The van der Waals surface area contributed by atoms with Gasteiger partial charge in [0.25, 0.3) is 0 Å². The van der Waals surface area contributed by atoms with Crippen molar-refractivity contribution in [2.75, 3.05) is 20.1 Å². The summed E-state index contributed by atoms with van der Waals surface area (Å²) in [6.07, 6.45) is 0. The van der Waals surface area contributed by atoms with Crippen molar-refractivity contribution in [2.45, 2.75) is 0 Å². The summed E-state index contributed by atoms with van der Waals surface area (Å²) in [7, 11) is 1.97. The van der Waals surface area contributed by atoms with Crippen molar-refractivity contribution in [3.63, 3.8) is 0 Å². The zero-order valence-electron chi connectivity index (χ0n) is 5.09. The zero-order chi connectivity index (χ0) is 6.41. The molecule has 4 heteroatoms. The summed E-state index contributed by atoms with van der Waals surface area (Å²) in [6.45, 7) is 1.65. The summed E-state index contributed by atoms with van der Waals surface area (Å²) in [5, 5.41) is 2.02. The summed E-state index contributed by atoms with van der Waals surface area (Å²) < 4.78 is 0. The van der Waals surface area contributed by atoms with E-state index in [9.17, 15) is 0 Å². The Balaban J connectivity index is 3.03. The van der Waals surface area contributed by atoms with E-state index in [1.54, 1.807) is 0 Å². The first-order valence-electron chi connectivity index (χ1n) is 2.60. The summed E-state index contributed by atoms with van der Waals surface area (Å²) >= 11 is 0. The first kappa shape index (κ1) is 7.23. The van der Waals surface area contributed by atoms with Gasteiger partial charge in [-0.2, -0.15) is 0 Å². The van der Waals surface area contributed by atoms with Gasteiger partial charge < -0.3 is 16.8 Å². The van der Waals surface area contributed by atoms with Gasteiger partial charge in [0.2, 0.25) is 0 Å². The van der Waals surface area contributed by atoms with Crippen LogP contribution in [0.1, 0.15) is 0 Å². The second-order valence-corrected chi connectivity index (χ2v) is 1.50. The smallest absolute Gasteiger partial charge is 0.186 e. The average molecular weight is 117 g/mol. The summed E-state index contributed by atoms with van der Waals surface area (Å²) in [4.78, 5) is 3.76. The molecule has 0 saturated carbocycles. The lowest BCUT2D eigenvalue weighted by Gasteiger charge is -1.89. The van der Waals surface area contributed by atoms with Crippen LogP contribution in [0, 0.1) is 0 Å². The van der Waals surface area contributed by atoms with Gasteiger partial charge in [-0.15, -0.1) is 0 Å². The minimum Gasteiger partial charge on any atom is -0.370 e. The third-order valence-corrected chi connectivity index (χ3v) is 0.712. The van der Waals surface area contributed by atoms with Crippen LogP contribution in [0.25, 0.3) is 0 Å². The van der Waals surface area contributed by atoms with Crippen LogP contribution in [0.15, 0.2) is 4.99 Å². The maximum atomic E-state index is 5.05. The number of likely N-dealkylation sites (N-methyl/N-ethyl adjacent to an activating group) is 1. The lowest BCUT2D eigenvalue weighted by Crippen LogP contribution is -2.80. The van der Waals surface area contributed by atoms with Crippen molar-refractivity contribution in [1.29, 1.82) is 0 Å². The van der Waals surface area contributed by atoms with Gasteiger partial charge in [0.15, 0.2) is 5.96 Å². The summed E-state index contributed by atoms with van der Waals surface area (Å²) in [6, 6.07) is 0. The number of hydrogen-bond donors (Lipinski definition) is 3. The lowest BCUT2D eigenvalue weighted by molar-refractivity contribution is -0.624. The highest BCUT2D eigenvalue weighted by Gasteiger charge is 1.80. The molecule has 0 aromatic rings. The molecular weight excluding hydrogens is 104 g/mol. The maximum Gasteiger partial charge on any atom is 0.186 e. The predicted molar refractivity (Wildman–Crippen MR) is 33.4 cm³/mol. The van der Waals surface area contributed by atoms with Crippen molar-refractivity contribution in [1.82, 2.24) is 0 Å². The summed E-state index contributed by atoms with van der Waals surface area (Å²) in [5.74, 6) is 0.173. The minimum absolute atomic E-state index is 0.173. The number of rotatable bonds is 3. The van der Waals surface area contributed by atoms with Gasteiger partial charge in [-0.25, -0.2) is 4.99 Å². The number of guanidine groups is 1. The molecule has 0 amide bonds. The minimum atomic E-state index is 0.173. The maximum absolute atomic E-state index is 5.05. The van der Waals surface area contributed by atoms with E-state index in [2.05, 4.69) is 4.99 Å². The second-order valence-electron chi connectivity index (χ2n) is 1.50. The molecule has 0 radical (unpaired) electrons. The van der Waals surface area contributed by atoms with Crippen molar-refractivity contribution in [2.24, 2.45) is 16.5 Å². The fourth-order valence-electron chi connectivity index (χ4n) is 0.323. The van der Waals surface area contributed by atoms with Gasteiger partial charge in [-0.05, 0) is 0 Å². The highest BCUT2D eigenvalue weighted by molar-refractivity contribution is 5.75. The fourth-order valence-corrected chi connectivity index (χ4v) is 0.323. The van der Waals surface area contributed by atoms with Crippen LogP contribution in [0.3, 0.4) is 0 Å². The van der Waals surface area contributed by atoms with Crippen LogP contribution < -0.4 is 16.8 Å². The van der Waals surface area contributed by atoms with E-state index in [-0.39, 0.29) is 5.96 Å². The third-order valence-electron chi connectivity index (χ3n) is 0.712. The molecule has 0 aliphatic carbocycles. The van der Waals surface area contributed by atoms with Gasteiger partial charge in [-0.1, -0.05) is 0 Å². The van der Waals surface area contributed by atoms with Gasteiger partial charge in [0.1, 0.15) is 0 Å². The molecule has 0 fully saturated rings. The molecule has 0 spiro atoms. The number of quaternary nitrogens is 1. The Kier molecular flexibility index (Phi) is 3.97. The standard InChI is InChI=1S/C4H12N4/c1-7-2-3-8-4(5)6/h7H,2-3H2,1H3,(H4,5,6,8)/p+1. The number of nitrogens with two attached hydrogens (primary N) is 3. The fraction of sp³-hybridized carbons (Fsp3) is 0.750. The van der Waals surface area contributed by atoms with Crippen LogP contribution in [0.4, 0.5) is 0 Å². The molecule has 0 bridgehead atoms. The number of nitrogens with zero attached hydrogens (tertiary/aromatic N) is 1. The quantitative estimate of drug-likeness (QED) is 0.216. The Hall–Kier alpha value is -0.770. The van der Waals surface area contributed by atoms with E-state index in [1.807, 2.05) is 12.4 Å². The monoisotopic (exact) mass is 117 g/mol. The van der Waals surface area contributed by atoms with Gasteiger partial charge >= 0.3 is 0 Å². The van der Waals surface area contributed by atoms with Crippen LogP contribution >= 0.6 is 0 Å². The Morgan fingerprint density at radius 2 is 2.25 bits per heavy atom. The summed E-state index contributed by atoms with van der Waals surface area (Å²) in [5.41, 5.74) is 10.1. The molecule has 6 N–H and O–H groups in total. The topological polar surface area (TPSA) is 81.0 Å². The SMILES string of the molecule is C[NH2+]CCN=C(N)N. The third kappa shape index (κ3) is 5.23. The van der Waals surface area contributed by atoms with Gasteiger partial charge in [0.05, 0.1) is 20.1 Å². The van der Waals surface area contributed by atoms with Crippen molar-refractivity contribution in [3.8, 4) is 0 Å². The molecule has 0 saturated heterocycles. The molecule has 0 aliphatic rings. The molecule has 0 aromatic carbocycles. The molecule has 4 nitrogen and oxygen atoms in total. The van der Waals surface area contributed by atoms with Crippen LogP contribution in [0.2, 0.25) is 0 Å². The van der Waals surface area contributed by atoms with E-state index < -0.39 is 0 Å². The Morgan fingerprint density at radius 3 is 2.62 bits per heavy atom. The van der Waals surface area contributed by atoms with Gasteiger partial charge in [0, 0.05) is 0 Å². The Labute approximate surface area is 49.0 Å². The largest absolute Gasteiger partial charge is 0.370 e. The molecule has 0 atom stereocenters. The van der Waals surface area contributed by atoms with E-state index in [0.29, 0.717) is 6.54 Å². The number of hydrogen-bond acceptors (Lipinski definition) is 1. The highest BCUT2D eigenvalue weighted by Crippen LogP contribution is 1.58. The number of aliphatic imine (C=N–C) groups is 1. The van der Waals surface area contributed by atoms with Crippen molar-refractivity contribution >= 4 is 5.96 Å². The van der Waals surface area contributed by atoms with Crippen molar-refractivity contribution < 1.29 is 5.32 Å². The molecule has 0 aliphatic heterocycles. The molecule has 0 unspecified atom stereocenters.